The molecule has 1 N–H and O–H groups in total. The van der Waals surface area contributed by atoms with Gasteiger partial charge in [0, 0.05) is 19.3 Å². The highest BCUT2D eigenvalue weighted by atomic mass is 28.4. The Morgan fingerprint density at radius 3 is 2.37 bits per heavy atom. The van der Waals surface area contributed by atoms with Gasteiger partial charge in [0.15, 0.2) is 5.78 Å². The lowest BCUT2D eigenvalue weighted by molar-refractivity contribution is -0.122. The third-order valence-corrected chi connectivity index (χ3v) is 5.73. The highest BCUT2D eigenvalue weighted by molar-refractivity contribution is 6.61. The summed E-state index contributed by atoms with van der Waals surface area (Å²) >= 11 is 0. The molecule has 0 saturated heterocycles. The zero-order valence-corrected chi connectivity index (χ0v) is 13.5. The van der Waals surface area contributed by atoms with E-state index in [0.717, 1.165) is 13.0 Å². The molecule has 112 valence electrons. The summed E-state index contributed by atoms with van der Waals surface area (Å²) in [5.74, 6) is -0.148. The lowest BCUT2D eigenvalue weighted by atomic mass is 10.3. The summed E-state index contributed by atoms with van der Waals surface area (Å²) in [6, 6.07) is 0.699. The van der Waals surface area contributed by atoms with Crippen LogP contribution in [0.25, 0.3) is 0 Å². The van der Waals surface area contributed by atoms with Crippen LogP contribution in [-0.4, -0.2) is 47.5 Å². The molecule has 0 rings (SSSR count). The van der Waals surface area contributed by atoms with E-state index in [9.17, 15) is 4.79 Å². The minimum atomic E-state index is -2.78. The van der Waals surface area contributed by atoms with Crippen LogP contribution in [0.5, 0.6) is 0 Å². The van der Waals surface area contributed by atoms with Gasteiger partial charge in [-0.2, -0.15) is 0 Å². The number of nitrogens with one attached hydrogen (secondary N) is 1. The van der Waals surface area contributed by atoms with Crippen LogP contribution in [0.1, 0.15) is 27.2 Å². The highest BCUT2D eigenvalue weighted by Gasteiger charge is 2.42. The second kappa shape index (κ2) is 10.3. The zero-order chi connectivity index (χ0) is 14.7. The van der Waals surface area contributed by atoms with Gasteiger partial charge in [-0.3, -0.25) is 4.79 Å². The summed E-state index contributed by atoms with van der Waals surface area (Å²) in [6.45, 7) is 10.9. The second-order valence-electron chi connectivity index (χ2n) is 4.12. The van der Waals surface area contributed by atoms with Crippen LogP contribution >= 0.6 is 0 Å². The molecule has 0 radical (unpaired) electrons. The molecule has 0 aliphatic heterocycles. The Kier molecular flexibility index (Phi) is 9.99. The first-order chi connectivity index (χ1) is 9.05. The van der Waals surface area contributed by atoms with Crippen LogP contribution in [0, 0.1) is 0 Å². The summed E-state index contributed by atoms with van der Waals surface area (Å²) < 4.78 is 17.4. The van der Waals surface area contributed by atoms with Crippen molar-refractivity contribution in [2.75, 3.05) is 26.8 Å². The molecule has 0 saturated carbocycles. The van der Waals surface area contributed by atoms with E-state index >= 15 is 0 Å². The molecule has 1 unspecified atom stereocenters. The molecule has 0 aromatic heterocycles. The summed E-state index contributed by atoms with van der Waals surface area (Å²) in [6.07, 6.45) is 1.59. The molecular weight excluding hydrogens is 262 g/mol. The molecule has 0 heterocycles. The predicted octanol–water partition coefficient (Wildman–Crippen LogP) is 1.77. The number of ketones is 1. The molecule has 0 aromatic carbocycles. The third-order valence-electron chi connectivity index (χ3n) is 2.60. The fourth-order valence-electron chi connectivity index (χ4n) is 1.73. The van der Waals surface area contributed by atoms with E-state index in [-0.39, 0.29) is 5.78 Å². The zero-order valence-electron chi connectivity index (χ0n) is 12.5. The average molecular weight is 289 g/mol. The fraction of sp³-hybridized carbons (Fsp3) is 0.769. The number of carbonyl (C=O) groups excluding carboxylic acids is 1. The van der Waals surface area contributed by atoms with E-state index in [1.54, 1.807) is 6.92 Å². The summed E-state index contributed by atoms with van der Waals surface area (Å²) in [4.78, 5) is 11.6. The van der Waals surface area contributed by atoms with Gasteiger partial charge in [-0.15, -0.1) is 0 Å². The molecular formula is C13H27NO4Si. The van der Waals surface area contributed by atoms with Crippen molar-refractivity contribution in [3.05, 3.63) is 12.7 Å². The quantitative estimate of drug-likeness (QED) is 0.337. The molecule has 6 heteroatoms. The number of hydrogen-bond acceptors (Lipinski definition) is 5. The van der Waals surface area contributed by atoms with Gasteiger partial charge in [0.25, 0.3) is 0 Å². The van der Waals surface area contributed by atoms with Crippen LogP contribution in [0.4, 0.5) is 0 Å². The monoisotopic (exact) mass is 289 g/mol. The SMILES string of the molecule is C=CC(=O)C(C)O[Si](CCCNC)(OCC)OCC. The lowest BCUT2D eigenvalue weighted by Gasteiger charge is -2.31. The van der Waals surface area contributed by atoms with Gasteiger partial charge in [-0.25, -0.2) is 0 Å². The predicted molar refractivity (Wildman–Crippen MR) is 78.1 cm³/mol. The molecule has 0 aromatic rings. The fourth-order valence-corrected chi connectivity index (χ4v) is 4.50. The number of hydrogen-bond donors (Lipinski definition) is 1. The molecule has 0 aliphatic rings. The van der Waals surface area contributed by atoms with Crippen LogP contribution in [0.15, 0.2) is 12.7 Å². The summed E-state index contributed by atoms with van der Waals surface area (Å²) in [7, 11) is -0.885. The Bertz CT molecular complexity index is 267. The van der Waals surface area contributed by atoms with E-state index in [0.29, 0.717) is 19.3 Å². The smallest absolute Gasteiger partial charge is 0.374 e. The van der Waals surface area contributed by atoms with Gasteiger partial charge in [-0.1, -0.05) is 6.58 Å². The standard InChI is InChI=1S/C13H27NO4Si/c1-6-13(15)12(4)18-19(16-7-2,17-8-3)11-9-10-14-5/h6,12,14H,1,7-11H2,2-5H3. The molecule has 0 spiro atoms. The van der Waals surface area contributed by atoms with E-state index in [4.69, 9.17) is 13.3 Å². The van der Waals surface area contributed by atoms with Crippen LogP contribution in [0.2, 0.25) is 6.04 Å². The van der Waals surface area contributed by atoms with Gasteiger partial charge >= 0.3 is 8.80 Å². The summed E-state index contributed by atoms with van der Waals surface area (Å²) in [5.41, 5.74) is 0. The van der Waals surface area contributed by atoms with Gasteiger partial charge in [-0.05, 0) is 46.9 Å². The van der Waals surface area contributed by atoms with Gasteiger partial charge in [0.05, 0.1) is 0 Å². The molecule has 0 aliphatic carbocycles. The van der Waals surface area contributed by atoms with Crippen molar-refractivity contribution in [2.24, 2.45) is 0 Å². The first-order valence-corrected chi connectivity index (χ1v) is 8.75. The maximum absolute atomic E-state index is 11.6. The van der Waals surface area contributed by atoms with Gasteiger partial charge in [0.1, 0.15) is 6.10 Å². The Morgan fingerprint density at radius 2 is 1.95 bits per heavy atom. The third kappa shape index (κ3) is 6.98. The van der Waals surface area contributed by atoms with Crippen LogP contribution in [0.3, 0.4) is 0 Å². The Labute approximate surface area is 117 Å². The van der Waals surface area contributed by atoms with Gasteiger partial charge in [0.2, 0.25) is 0 Å². The van der Waals surface area contributed by atoms with Crippen molar-refractivity contribution < 1.29 is 18.1 Å². The minimum absolute atomic E-state index is 0.148. The topological polar surface area (TPSA) is 56.8 Å². The van der Waals surface area contributed by atoms with E-state index in [1.165, 1.54) is 6.08 Å². The maximum atomic E-state index is 11.6. The molecule has 0 bridgehead atoms. The Hall–Kier alpha value is -0.533. The molecule has 0 fully saturated rings. The van der Waals surface area contributed by atoms with Gasteiger partial charge < -0.3 is 18.6 Å². The van der Waals surface area contributed by atoms with E-state index < -0.39 is 14.9 Å². The lowest BCUT2D eigenvalue weighted by Crippen LogP contribution is -2.49. The molecule has 5 nitrogen and oxygen atoms in total. The van der Waals surface area contributed by atoms with E-state index in [2.05, 4.69) is 11.9 Å². The first kappa shape index (κ1) is 18.5. The average Bonchev–Trinajstić information content (AvgIpc) is 2.38. The van der Waals surface area contributed by atoms with Crippen molar-refractivity contribution in [3.63, 3.8) is 0 Å². The number of rotatable bonds is 12. The Balaban J connectivity index is 4.76. The van der Waals surface area contributed by atoms with Crippen molar-refractivity contribution in [2.45, 2.75) is 39.3 Å². The normalized spacial score (nSPS) is 13.3. The second-order valence-corrected chi connectivity index (χ2v) is 6.80. The van der Waals surface area contributed by atoms with Crippen molar-refractivity contribution >= 4 is 14.6 Å². The van der Waals surface area contributed by atoms with Crippen LogP contribution < -0.4 is 5.32 Å². The maximum Gasteiger partial charge on any atom is 0.501 e. The molecule has 1 atom stereocenters. The molecule has 0 amide bonds. The number of carbonyl (C=O) groups is 1. The van der Waals surface area contributed by atoms with Crippen molar-refractivity contribution in [3.8, 4) is 0 Å². The first-order valence-electron chi connectivity index (χ1n) is 6.81. The minimum Gasteiger partial charge on any atom is -0.374 e. The van der Waals surface area contributed by atoms with Crippen molar-refractivity contribution in [1.29, 1.82) is 0 Å². The van der Waals surface area contributed by atoms with Crippen molar-refractivity contribution in [1.82, 2.24) is 5.32 Å². The Morgan fingerprint density at radius 1 is 1.37 bits per heavy atom. The largest absolute Gasteiger partial charge is 0.501 e. The van der Waals surface area contributed by atoms with Crippen LogP contribution in [-0.2, 0) is 18.1 Å². The highest BCUT2D eigenvalue weighted by Crippen LogP contribution is 2.20. The summed E-state index contributed by atoms with van der Waals surface area (Å²) in [5, 5.41) is 3.08. The molecule has 19 heavy (non-hydrogen) atoms. The van der Waals surface area contributed by atoms with E-state index in [1.807, 2.05) is 20.9 Å².